The smallest absolute Gasteiger partial charge is 0.251 e. The molecule has 31 heavy (non-hydrogen) atoms. The van der Waals surface area contributed by atoms with Crippen LogP contribution in [0.5, 0.6) is 5.75 Å². The molecule has 1 fully saturated rings. The van der Waals surface area contributed by atoms with Gasteiger partial charge in [-0.25, -0.2) is 0 Å². The van der Waals surface area contributed by atoms with Gasteiger partial charge in [-0.15, -0.1) is 0 Å². The molecule has 0 atom stereocenters. The third-order valence-corrected chi connectivity index (χ3v) is 4.93. The number of anilines is 2. The van der Waals surface area contributed by atoms with Gasteiger partial charge in [0.1, 0.15) is 5.75 Å². The topological polar surface area (TPSA) is 109 Å². The molecule has 0 spiro atoms. The molecule has 0 aromatic heterocycles. The van der Waals surface area contributed by atoms with Crippen molar-refractivity contribution in [3.05, 3.63) is 53.1 Å². The molecule has 0 aliphatic heterocycles. The van der Waals surface area contributed by atoms with Crippen molar-refractivity contribution in [1.29, 1.82) is 0 Å². The lowest BCUT2D eigenvalue weighted by atomic mass is 10.1. The van der Waals surface area contributed by atoms with Crippen LogP contribution in [0.3, 0.4) is 0 Å². The molecule has 0 heterocycles. The second-order valence-corrected chi connectivity index (χ2v) is 7.66. The fourth-order valence-corrected chi connectivity index (χ4v) is 2.98. The van der Waals surface area contributed by atoms with Crippen molar-refractivity contribution >= 4 is 29.1 Å². The van der Waals surface area contributed by atoms with Crippen LogP contribution in [0.15, 0.2) is 36.4 Å². The quantitative estimate of drug-likeness (QED) is 0.494. The van der Waals surface area contributed by atoms with Crippen LogP contribution in [0.1, 0.15) is 34.3 Å². The maximum absolute atomic E-state index is 12.2. The third-order valence-electron chi connectivity index (χ3n) is 4.93. The van der Waals surface area contributed by atoms with Gasteiger partial charge in [-0.1, -0.05) is 12.1 Å². The number of hydrogen-bond donors (Lipinski definition) is 4. The first-order chi connectivity index (χ1) is 14.9. The Morgan fingerprint density at radius 2 is 1.74 bits per heavy atom. The van der Waals surface area contributed by atoms with Gasteiger partial charge in [0.05, 0.1) is 25.9 Å². The molecule has 0 unspecified atom stereocenters. The first kappa shape index (κ1) is 22.1. The number of rotatable bonds is 9. The van der Waals surface area contributed by atoms with Crippen LogP contribution in [0.25, 0.3) is 0 Å². The number of benzene rings is 2. The minimum atomic E-state index is -0.354. The number of carbonyl (C=O) groups excluding carboxylic acids is 3. The van der Waals surface area contributed by atoms with E-state index in [1.54, 1.807) is 24.3 Å². The molecule has 2 aromatic carbocycles. The Labute approximate surface area is 181 Å². The fourth-order valence-electron chi connectivity index (χ4n) is 2.98. The second-order valence-electron chi connectivity index (χ2n) is 7.66. The summed E-state index contributed by atoms with van der Waals surface area (Å²) < 4.78 is 5.24. The molecule has 3 rings (SSSR count). The standard InChI is InChI=1S/C23H28N4O4/c1-14-4-9-20(31-3)19(10-14)27-22(29)13-25-21(28)12-24-18-11-16(6-5-15(18)2)23(30)26-17-7-8-17/h4-6,9-11,17,24H,7-8,12-13H2,1-3H3,(H,25,28)(H,26,30)(H,27,29). The number of nitrogens with one attached hydrogen (secondary N) is 4. The third kappa shape index (κ3) is 6.47. The molecular formula is C23H28N4O4. The molecule has 2 aromatic rings. The summed E-state index contributed by atoms with van der Waals surface area (Å²) in [6.07, 6.45) is 2.04. The highest BCUT2D eigenvalue weighted by atomic mass is 16.5. The van der Waals surface area contributed by atoms with Crippen LogP contribution in [0.2, 0.25) is 0 Å². The minimum absolute atomic E-state index is 0.0183. The SMILES string of the molecule is COc1ccc(C)cc1NC(=O)CNC(=O)CNc1cc(C(=O)NC2CC2)ccc1C. The highest BCUT2D eigenvalue weighted by Crippen LogP contribution is 2.25. The molecule has 0 saturated heterocycles. The zero-order chi connectivity index (χ0) is 22.4. The normalized spacial score (nSPS) is 12.6. The lowest BCUT2D eigenvalue weighted by Crippen LogP contribution is -2.36. The van der Waals surface area contributed by atoms with E-state index in [9.17, 15) is 14.4 Å². The van der Waals surface area contributed by atoms with E-state index >= 15 is 0 Å². The summed E-state index contributed by atoms with van der Waals surface area (Å²) >= 11 is 0. The van der Waals surface area contributed by atoms with Gasteiger partial charge < -0.3 is 26.0 Å². The Morgan fingerprint density at radius 1 is 0.968 bits per heavy atom. The maximum Gasteiger partial charge on any atom is 0.251 e. The molecular weight excluding hydrogens is 396 g/mol. The Hall–Kier alpha value is -3.55. The van der Waals surface area contributed by atoms with E-state index in [-0.39, 0.29) is 36.9 Å². The largest absolute Gasteiger partial charge is 0.495 e. The number of methoxy groups -OCH3 is 1. The van der Waals surface area contributed by atoms with E-state index in [1.807, 2.05) is 26.0 Å². The van der Waals surface area contributed by atoms with Gasteiger partial charge in [-0.2, -0.15) is 0 Å². The van der Waals surface area contributed by atoms with Crippen LogP contribution in [0.4, 0.5) is 11.4 Å². The molecule has 8 heteroatoms. The van der Waals surface area contributed by atoms with Crippen molar-refractivity contribution in [2.75, 3.05) is 30.8 Å². The first-order valence-corrected chi connectivity index (χ1v) is 10.2. The lowest BCUT2D eigenvalue weighted by molar-refractivity contribution is -0.122. The van der Waals surface area contributed by atoms with Crippen molar-refractivity contribution in [3.8, 4) is 5.75 Å². The summed E-state index contributed by atoms with van der Waals surface area (Å²) in [5.41, 5.74) is 3.70. The van der Waals surface area contributed by atoms with Gasteiger partial charge in [0, 0.05) is 17.3 Å². The van der Waals surface area contributed by atoms with Crippen LogP contribution in [-0.4, -0.2) is 44.0 Å². The number of ether oxygens (including phenoxy) is 1. The van der Waals surface area contributed by atoms with E-state index < -0.39 is 0 Å². The van der Waals surface area contributed by atoms with Crippen molar-refractivity contribution in [1.82, 2.24) is 10.6 Å². The monoisotopic (exact) mass is 424 g/mol. The Kier molecular flexibility index (Phi) is 7.12. The van der Waals surface area contributed by atoms with E-state index in [4.69, 9.17) is 4.74 Å². The minimum Gasteiger partial charge on any atom is -0.495 e. The van der Waals surface area contributed by atoms with Crippen molar-refractivity contribution in [2.24, 2.45) is 0 Å². The Balaban J connectivity index is 1.48. The zero-order valence-electron chi connectivity index (χ0n) is 18.0. The average Bonchev–Trinajstić information content (AvgIpc) is 3.55. The van der Waals surface area contributed by atoms with Crippen LogP contribution >= 0.6 is 0 Å². The van der Waals surface area contributed by atoms with Crippen molar-refractivity contribution in [2.45, 2.75) is 32.7 Å². The molecule has 1 aliphatic rings. The summed E-state index contributed by atoms with van der Waals surface area (Å²) in [6, 6.07) is 11.1. The van der Waals surface area contributed by atoms with Crippen LogP contribution in [-0.2, 0) is 9.59 Å². The molecule has 164 valence electrons. The van der Waals surface area contributed by atoms with Gasteiger partial charge in [0.2, 0.25) is 11.8 Å². The van der Waals surface area contributed by atoms with Gasteiger partial charge >= 0.3 is 0 Å². The van der Waals surface area contributed by atoms with E-state index in [1.165, 1.54) is 7.11 Å². The van der Waals surface area contributed by atoms with Crippen molar-refractivity contribution < 1.29 is 19.1 Å². The molecule has 1 saturated carbocycles. The van der Waals surface area contributed by atoms with Gasteiger partial charge in [-0.05, 0) is 62.1 Å². The number of aryl methyl sites for hydroxylation is 2. The predicted octanol–water partition coefficient (Wildman–Crippen LogP) is 2.37. The van der Waals surface area contributed by atoms with Crippen molar-refractivity contribution in [3.63, 3.8) is 0 Å². The summed E-state index contributed by atoms with van der Waals surface area (Å²) in [7, 11) is 1.53. The maximum atomic E-state index is 12.2. The van der Waals surface area contributed by atoms with Gasteiger partial charge in [0.15, 0.2) is 0 Å². The molecule has 4 N–H and O–H groups in total. The zero-order valence-corrected chi connectivity index (χ0v) is 18.0. The Morgan fingerprint density at radius 3 is 2.45 bits per heavy atom. The summed E-state index contributed by atoms with van der Waals surface area (Å²) in [6.45, 7) is 3.62. The molecule has 0 bridgehead atoms. The van der Waals surface area contributed by atoms with Gasteiger partial charge in [-0.3, -0.25) is 14.4 Å². The lowest BCUT2D eigenvalue weighted by Gasteiger charge is -2.13. The highest BCUT2D eigenvalue weighted by Gasteiger charge is 2.24. The van der Waals surface area contributed by atoms with E-state index in [0.29, 0.717) is 22.7 Å². The Bertz CT molecular complexity index is 986. The van der Waals surface area contributed by atoms with Crippen LogP contribution < -0.4 is 26.0 Å². The van der Waals surface area contributed by atoms with Gasteiger partial charge in [0.25, 0.3) is 5.91 Å². The predicted molar refractivity (Wildman–Crippen MR) is 120 cm³/mol. The summed E-state index contributed by atoms with van der Waals surface area (Å²) in [4.78, 5) is 36.6. The first-order valence-electron chi connectivity index (χ1n) is 10.2. The summed E-state index contributed by atoms with van der Waals surface area (Å²) in [5, 5.41) is 11.3. The molecule has 3 amide bonds. The highest BCUT2D eigenvalue weighted by molar-refractivity contribution is 5.97. The second kappa shape index (κ2) is 9.97. The van der Waals surface area contributed by atoms with Crippen LogP contribution in [0, 0.1) is 13.8 Å². The summed E-state index contributed by atoms with van der Waals surface area (Å²) in [5.74, 6) is -0.253. The van der Waals surface area contributed by atoms with E-state index in [0.717, 1.165) is 24.0 Å². The van der Waals surface area contributed by atoms with E-state index in [2.05, 4.69) is 21.3 Å². The molecule has 0 radical (unpaired) electrons. The number of carbonyl (C=O) groups is 3. The fraction of sp³-hybridized carbons (Fsp3) is 0.348. The number of hydrogen-bond acceptors (Lipinski definition) is 5. The molecule has 8 nitrogen and oxygen atoms in total. The average molecular weight is 425 g/mol. The molecule has 1 aliphatic carbocycles. The number of amides is 3.